The molecule has 0 N–H and O–H groups in total. The third-order valence-electron chi connectivity index (χ3n) is 6.16. The third kappa shape index (κ3) is 3.96. The average molecular weight is 410 g/mol. The van der Waals surface area contributed by atoms with E-state index in [9.17, 15) is 0 Å². The summed E-state index contributed by atoms with van der Waals surface area (Å²) in [5.74, 6) is 0.990. The van der Waals surface area contributed by atoms with Crippen molar-refractivity contribution in [1.82, 2.24) is 15.2 Å². The fourth-order valence-electron chi connectivity index (χ4n) is 4.47. The molecular formula is C26H27N5. The van der Waals surface area contributed by atoms with E-state index in [0.29, 0.717) is 6.04 Å². The molecule has 0 spiro atoms. The maximum atomic E-state index is 4.71. The van der Waals surface area contributed by atoms with Crippen molar-refractivity contribution in [2.75, 3.05) is 29.4 Å². The van der Waals surface area contributed by atoms with Gasteiger partial charge in [-0.3, -0.25) is 4.98 Å². The smallest absolute Gasteiger partial charge is 0.159 e. The number of piperazine rings is 1. The van der Waals surface area contributed by atoms with Gasteiger partial charge in [0.15, 0.2) is 5.82 Å². The van der Waals surface area contributed by atoms with Crippen LogP contribution in [-0.2, 0) is 6.42 Å². The first-order chi connectivity index (χ1) is 15.2. The van der Waals surface area contributed by atoms with Gasteiger partial charge in [0.1, 0.15) is 0 Å². The number of hydrogen-bond donors (Lipinski definition) is 0. The molecule has 0 saturated carbocycles. The number of aromatic nitrogens is 3. The summed E-state index contributed by atoms with van der Waals surface area (Å²) in [4.78, 5) is 9.00. The van der Waals surface area contributed by atoms with Gasteiger partial charge in [-0.15, -0.1) is 5.10 Å². The molecule has 31 heavy (non-hydrogen) atoms. The number of rotatable bonds is 4. The summed E-state index contributed by atoms with van der Waals surface area (Å²) in [6, 6.07) is 21.8. The molecular weight excluding hydrogens is 382 g/mol. The Balaban J connectivity index is 1.42. The molecule has 0 unspecified atom stereocenters. The van der Waals surface area contributed by atoms with Gasteiger partial charge >= 0.3 is 0 Å². The number of aryl methyl sites for hydroxylation is 1. The minimum Gasteiger partial charge on any atom is -0.365 e. The van der Waals surface area contributed by atoms with Crippen molar-refractivity contribution in [2.24, 2.45) is 0 Å². The Kier molecular flexibility index (Phi) is 5.24. The SMILES string of the molecule is Cc1ccc(N2CCN(c3nnc(Cc4ccncc4)c4ccccc34)C[C@@H]2C)cc1. The Labute approximate surface area is 183 Å². The Morgan fingerprint density at radius 2 is 1.61 bits per heavy atom. The van der Waals surface area contributed by atoms with Crippen LogP contribution in [0, 0.1) is 6.92 Å². The fraction of sp³-hybridized carbons (Fsp3) is 0.269. The average Bonchev–Trinajstić information content (AvgIpc) is 2.81. The van der Waals surface area contributed by atoms with E-state index >= 15 is 0 Å². The van der Waals surface area contributed by atoms with Crippen LogP contribution in [0.3, 0.4) is 0 Å². The van der Waals surface area contributed by atoms with Crippen LogP contribution in [0.4, 0.5) is 11.5 Å². The minimum atomic E-state index is 0.397. The molecule has 3 heterocycles. The zero-order chi connectivity index (χ0) is 21.2. The number of fused-ring (bicyclic) bond motifs is 1. The molecule has 0 bridgehead atoms. The third-order valence-corrected chi connectivity index (χ3v) is 6.16. The number of pyridine rings is 1. The summed E-state index contributed by atoms with van der Waals surface area (Å²) in [7, 11) is 0. The van der Waals surface area contributed by atoms with Crippen LogP contribution < -0.4 is 9.80 Å². The van der Waals surface area contributed by atoms with Gasteiger partial charge in [0, 0.05) is 61.0 Å². The van der Waals surface area contributed by atoms with Crippen LogP contribution in [0.5, 0.6) is 0 Å². The molecule has 1 aliphatic rings. The van der Waals surface area contributed by atoms with E-state index in [1.165, 1.54) is 27.6 Å². The number of anilines is 2. The zero-order valence-electron chi connectivity index (χ0n) is 18.1. The van der Waals surface area contributed by atoms with Crippen LogP contribution in [0.2, 0.25) is 0 Å². The second kappa shape index (κ2) is 8.34. The molecule has 1 fully saturated rings. The highest BCUT2D eigenvalue weighted by Crippen LogP contribution is 2.30. The predicted molar refractivity (Wildman–Crippen MR) is 127 cm³/mol. The van der Waals surface area contributed by atoms with Crippen LogP contribution >= 0.6 is 0 Å². The topological polar surface area (TPSA) is 45.2 Å². The Morgan fingerprint density at radius 3 is 2.35 bits per heavy atom. The normalized spacial score (nSPS) is 16.6. The fourth-order valence-corrected chi connectivity index (χ4v) is 4.47. The Morgan fingerprint density at radius 1 is 0.871 bits per heavy atom. The van der Waals surface area contributed by atoms with Crippen molar-refractivity contribution < 1.29 is 0 Å². The summed E-state index contributed by atoms with van der Waals surface area (Å²) in [5.41, 5.74) is 4.80. The van der Waals surface area contributed by atoms with Gasteiger partial charge in [-0.2, -0.15) is 5.10 Å². The molecule has 2 aromatic carbocycles. The van der Waals surface area contributed by atoms with E-state index in [-0.39, 0.29) is 0 Å². The maximum Gasteiger partial charge on any atom is 0.159 e. The number of hydrogen-bond acceptors (Lipinski definition) is 5. The second-order valence-corrected chi connectivity index (χ2v) is 8.37. The summed E-state index contributed by atoms with van der Waals surface area (Å²) in [6.07, 6.45) is 4.41. The number of nitrogens with zero attached hydrogens (tertiary/aromatic N) is 5. The molecule has 0 radical (unpaired) electrons. The molecule has 1 saturated heterocycles. The lowest BCUT2D eigenvalue weighted by Crippen LogP contribution is -2.52. The molecule has 5 rings (SSSR count). The van der Waals surface area contributed by atoms with Crippen LogP contribution in [-0.4, -0.2) is 40.9 Å². The van der Waals surface area contributed by atoms with Crippen molar-refractivity contribution in [3.05, 3.63) is 89.9 Å². The van der Waals surface area contributed by atoms with Crippen molar-refractivity contribution in [3.63, 3.8) is 0 Å². The molecule has 5 nitrogen and oxygen atoms in total. The summed E-state index contributed by atoms with van der Waals surface area (Å²) in [6.45, 7) is 7.25. The van der Waals surface area contributed by atoms with Crippen molar-refractivity contribution in [2.45, 2.75) is 26.3 Å². The van der Waals surface area contributed by atoms with Gasteiger partial charge in [-0.25, -0.2) is 0 Å². The first kappa shape index (κ1) is 19.5. The molecule has 0 amide bonds. The largest absolute Gasteiger partial charge is 0.365 e. The summed E-state index contributed by atoms with van der Waals surface area (Å²) in [5, 5.41) is 11.7. The lowest BCUT2D eigenvalue weighted by molar-refractivity contribution is 0.546. The van der Waals surface area contributed by atoms with Gasteiger partial charge in [-0.1, -0.05) is 42.0 Å². The highest BCUT2D eigenvalue weighted by molar-refractivity contribution is 5.93. The zero-order valence-corrected chi connectivity index (χ0v) is 18.1. The lowest BCUT2D eigenvalue weighted by Gasteiger charge is -2.42. The Hall–Kier alpha value is -3.47. The van der Waals surface area contributed by atoms with E-state index in [1.54, 1.807) is 0 Å². The van der Waals surface area contributed by atoms with E-state index in [0.717, 1.165) is 37.6 Å². The van der Waals surface area contributed by atoms with Crippen LogP contribution in [0.25, 0.3) is 10.8 Å². The molecule has 1 aliphatic heterocycles. The monoisotopic (exact) mass is 409 g/mol. The maximum absolute atomic E-state index is 4.71. The molecule has 4 aromatic rings. The Bertz CT molecular complexity index is 1170. The molecule has 2 aromatic heterocycles. The van der Waals surface area contributed by atoms with Gasteiger partial charge in [0.05, 0.1) is 5.69 Å². The predicted octanol–water partition coefficient (Wildman–Crippen LogP) is 4.64. The quantitative estimate of drug-likeness (QED) is 0.491. The van der Waals surface area contributed by atoms with Gasteiger partial charge in [0.25, 0.3) is 0 Å². The summed E-state index contributed by atoms with van der Waals surface area (Å²) >= 11 is 0. The highest BCUT2D eigenvalue weighted by atomic mass is 15.3. The molecule has 1 atom stereocenters. The minimum absolute atomic E-state index is 0.397. The second-order valence-electron chi connectivity index (χ2n) is 8.37. The molecule has 156 valence electrons. The highest BCUT2D eigenvalue weighted by Gasteiger charge is 2.26. The van der Waals surface area contributed by atoms with Gasteiger partial charge in [-0.05, 0) is 43.7 Å². The van der Waals surface area contributed by atoms with Crippen molar-refractivity contribution in [3.8, 4) is 0 Å². The van der Waals surface area contributed by atoms with Gasteiger partial charge in [0.2, 0.25) is 0 Å². The van der Waals surface area contributed by atoms with E-state index in [2.05, 4.69) is 82.3 Å². The first-order valence-corrected chi connectivity index (χ1v) is 10.9. The van der Waals surface area contributed by atoms with Gasteiger partial charge < -0.3 is 9.80 Å². The van der Waals surface area contributed by atoms with E-state index in [4.69, 9.17) is 5.10 Å². The molecule has 5 heteroatoms. The van der Waals surface area contributed by atoms with Crippen molar-refractivity contribution >= 4 is 22.3 Å². The van der Waals surface area contributed by atoms with Crippen molar-refractivity contribution in [1.29, 1.82) is 0 Å². The van der Waals surface area contributed by atoms with Crippen LogP contribution in [0.15, 0.2) is 73.1 Å². The van der Waals surface area contributed by atoms with E-state index < -0.39 is 0 Å². The van der Waals surface area contributed by atoms with Crippen LogP contribution in [0.1, 0.15) is 23.7 Å². The number of benzene rings is 2. The standard InChI is InChI=1S/C26H27N5/c1-19-7-9-22(10-8-19)31-16-15-30(18-20(31)2)26-24-6-4-3-5-23(24)25(28-29-26)17-21-11-13-27-14-12-21/h3-14,20H,15-18H2,1-2H3/t20-/m0/s1. The molecule has 0 aliphatic carbocycles. The summed E-state index contributed by atoms with van der Waals surface area (Å²) < 4.78 is 0. The first-order valence-electron chi connectivity index (χ1n) is 10.9. The lowest BCUT2D eigenvalue weighted by atomic mass is 10.0. The van der Waals surface area contributed by atoms with E-state index in [1.807, 2.05) is 24.5 Å².